The number of nitrogens with zero attached hydrogens (tertiary/aromatic N) is 1. The van der Waals surface area contributed by atoms with E-state index in [2.05, 4.69) is 20.8 Å². The summed E-state index contributed by atoms with van der Waals surface area (Å²) in [6.45, 7) is 3.47. The Morgan fingerprint density at radius 1 is 1.31 bits per heavy atom. The number of halogens is 1. The third kappa shape index (κ3) is 4.72. The molecule has 0 bridgehead atoms. The van der Waals surface area contributed by atoms with Gasteiger partial charge in [-0.2, -0.15) is 0 Å². The molecule has 0 aromatic carbocycles. The molecule has 0 saturated carbocycles. The summed E-state index contributed by atoms with van der Waals surface area (Å²) < 4.78 is 23.0. The van der Waals surface area contributed by atoms with E-state index in [4.69, 9.17) is 0 Å². The van der Waals surface area contributed by atoms with Gasteiger partial charge in [-0.25, -0.2) is 8.42 Å². The van der Waals surface area contributed by atoms with Gasteiger partial charge in [0.1, 0.15) is 0 Å². The normalized spacial score (nSPS) is 24.2. The fourth-order valence-corrected chi connectivity index (χ4v) is 3.64. The van der Waals surface area contributed by atoms with Crippen molar-refractivity contribution in [3.8, 4) is 0 Å². The zero-order valence-corrected chi connectivity index (χ0v) is 12.4. The Bertz CT molecular complexity index is 292. The summed E-state index contributed by atoms with van der Waals surface area (Å²) in [7, 11) is -2.82. The second-order valence-corrected chi connectivity index (χ2v) is 7.55. The SMILES string of the molecule is CCS(=O)(=O)CCN1CCCCCC1CBr. The number of hydrogen-bond acceptors (Lipinski definition) is 3. The van der Waals surface area contributed by atoms with E-state index in [1.807, 2.05) is 0 Å². The van der Waals surface area contributed by atoms with E-state index >= 15 is 0 Å². The lowest BCUT2D eigenvalue weighted by Gasteiger charge is -2.28. The first-order chi connectivity index (χ1) is 7.59. The number of sulfone groups is 1. The molecule has 96 valence electrons. The molecule has 1 unspecified atom stereocenters. The molecule has 0 amide bonds. The smallest absolute Gasteiger partial charge is 0.151 e. The highest BCUT2D eigenvalue weighted by molar-refractivity contribution is 9.09. The van der Waals surface area contributed by atoms with Crippen LogP contribution in [0.4, 0.5) is 0 Å². The number of alkyl halides is 1. The predicted octanol–water partition coefficient (Wildman–Crippen LogP) is 2.06. The summed E-state index contributed by atoms with van der Waals surface area (Å²) in [6.07, 6.45) is 4.95. The quantitative estimate of drug-likeness (QED) is 0.729. The molecule has 1 aliphatic rings. The largest absolute Gasteiger partial charge is 0.299 e. The topological polar surface area (TPSA) is 37.4 Å². The lowest BCUT2D eigenvalue weighted by Crippen LogP contribution is -2.39. The number of likely N-dealkylation sites (tertiary alicyclic amines) is 1. The van der Waals surface area contributed by atoms with Gasteiger partial charge in [-0.1, -0.05) is 35.7 Å². The second kappa shape index (κ2) is 6.97. The maximum absolute atomic E-state index is 11.5. The van der Waals surface area contributed by atoms with Crippen molar-refractivity contribution in [2.75, 3.05) is 29.9 Å². The van der Waals surface area contributed by atoms with Crippen molar-refractivity contribution in [1.29, 1.82) is 0 Å². The van der Waals surface area contributed by atoms with Gasteiger partial charge in [-0.05, 0) is 19.4 Å². The fourth-order valence-electron chi connectivity index (χ4n) is 2.11. The highest BCUT2D eigenvalue weighted by atomic mass is 79.9. The van der Waals surface area contributed by atoms with Gasteiger partial charge in [-0.3, -0.25) is 4.90 Å². The van der Waals surface area contributed by atoms with Gasteiger partial charge in [0.15, 0.2) is 9.84 Å². The highest BCUT2D eigenvalue weighted by Crippen LogP contribution is 2.18. The highest BCUT2D eigenvalue weighted by Gasteiger charge is 2.21. The van der Waals surface area contributed by atoms with Gasteiger partial charge in [0.2, 0.25) is 0 Å². The molecule has 16 heavy (non-hydrogen) atoms. The summed E-state index contributed by atoms with van der Waals surface area (Å²) in [6, 6.07) is 0.523. The summed E-state index contributed by atoms with van der Waals surface area (Å²) in [4.78, 5) is 2.34. The third-order valence-corrected chi connectivity index (χ3v) is 5.74. The predicted molar refractivity (Wildman–Crippen MR) is 72.0 cm³/mol. The Balaban J connectivity index is 2.49. The summed E-state index contributed by atoms with van der Waals surface area (Å²) in [5, 5.41) is 0.958. The average molecular weight is 312 g/mol. The molecule has 1 heterocycles. The molecule has 0 aromatic rings. The maximum Gasteiger partial charge on any atom is 0.151 e. The van der Waals surface area contributed by atoms with Gasteiger partial charge in [-0.15, -0.1) is 0 Å². The Morgan fingerprint density at radius 2 is 2.06 bits per heavy atom. The van der Waals surface area contributed by atoms with Crippen molar-refractivity contribution in [3.63, 3.8) is 0 Å². The van der Waals surface area contributed by atoms with E-state index in [1.54, 1.807) is 6.92 Å². The van der Waals surface area contributed by atoms with E-state index in [0.29, 0.717) is 18.3 Å². The lowest BCUT2D eigenvalue weighted by molar-refractivity contribution is 0.231. The van der Waals surface area contributed by atoms with Crippen LogP contribution < -0.4 is 0 Å². The molecule has 3 nitrogen and oxygen atoms in total. The van der Waals surface area contributed by atoms with Crippen molar-refractivity contribution in [2.24, 2.45) is 0 Å². The van der Waals surface area contributed by atoms with E-state index in [9.17, 15) is 8.42 Å². The minimum atomic E-state index is -2.82. The Kier molecular flexibility index (Phi) is 6.29. The van der Waals surface area contributed by atoms with Crippen LogP contribution >= 0.6 is 15.9 Å². The summed E-state index contributed by atoms with van der Waals surface area (Å²) in [5.74, 6) is 0.576. The van der Waals surface area contributed by atoms with Crippen LogP contribution in [0, 0.1) is 0 Å². The summed E-state index contributed by atoms with van der Waals surface area (Å²) >= 11 is 3.53. The molecule has 0 spiro atoms. The van der Waals surface area contributed by atoms with Crippen molar-refractivity contribution < 1.29 is 8.42 Å². The standard InChI is InChI=1S/C11H22BrNO2S/c1-2-16(14,15)9-8-13-7-5-3-4-6-11(13)10-12/h11H,2-10H2,1H3. The number of rotatable bonds is 5. The van der Waals surface area contributed by atoms with Crippen molar-refractivity contribution in [1.82, 2.24) is 4.90 Å². The van der Waals surface area contributed by atoms with Crippen molar-refractivity contribution >= 4 is 25.8 Å². The molecule has 1 fully saturated rings. The molecule has 5 heteroatoms. The van der Waals surface area contributed by atoms with Crippen LogP contribution in [-0.2, 0) is 9.84 Å². The first-order valence-electron chi connectivity index (χ1n) is 6.09. The molecule has 1 rings (SSSR count). The third-order valence-electron chi connectivity index (χ3n) is 3.31. The van der Waals surface area contributed by atoms with Gasteiger partial charge < -0.3 is 0 Å². The maximum atomic E-state index is 11.5. The molecular formula is C11H22BrNO2S. The van der Waals surface area contributed by atoms with Crippen LogP contribution in [0.1, 0.15) is 32.6 Å². The average Bonchev–Trinajstić information content (AvgIpc) is 2.51. The lowest BCUT2D eigenvalue weighted by atomic mass is 10.1. The molecule has 1 saturated heterocycles. The van der Waals surface area contributed by atoms with E-state index in [-0.39, 0.29) is 5.75 Å². The zero-order chi connectivity index (χ0) is 12.0. The van der Waals surface area contributed by atoms with Gasteiger partial charge >= 0.3 is 0 Å². The first-order valence-corrected chi connectivity index (χ1v) is 9.04. The molecule has 0 radical (unpaired) electrons. The number of hydrogen-bond donors (Lipinski definition) is 0. The van der Waals surface area contributed by atoms with E-state index in [1.165, 1.54) is 25.7 Å². The fraction of sp³-hybridized carbons (Fsp3) is 1.00. The van der Waals surface area contributed by atoms with Gasteiger partial charge in [0, 0.05) is 23.7 Å². The van der Waals surface area contributed by atoms with Crippen LogP contribution in [0.3, 0.4) is 0 Å². The molecule has 0 aromatic heterocycles. The first kappa shape index (κ1) is 14.5. The van der Waals surface area contributed by atoms with E-state index in [0.717, 1.165) is 11.9 Å². The molecule has 1 aliphatic heterocycles. The Morgan fingerprint density at radius 3 is 2.69 bits per heavy atom. The van der Waals surface area contributed by atoms with Crippen LogP contribution in [0.15, 0.2) is 0 Å². The van der Waals surface area contributed by atoms with Crippen LogP contribution in [-0.4, -0.2) is 49.3 Å². The van der Waals surface area contributed by atoms with Gasteiger partial charge in [0.25, 0.3) is 0 Å². The summed E-state index contributed by atoms with van der Waals surface area (Å²) in [5.41, 5.74) is 0. The van der Waals surface area contributed by atoms with Gasteiger partial charge in [0.05, 0.1) is 5.75 Å². The minimum absolute atomic E-state index is 0.264. The van der Waals surface area contributed by atoms with Crippen molar-refractivity contribution in [2.45, 2.75) is 38.6 Å². The van der Waals surface area contributed by atoms with Crippen LogP contribution in [0.2, 0.25) is 0 Å². The minimum Gasteiger partial charge on any atom is -0.299 e. The van der Waals surface area contributed by atoms with Crippen LogP contribution in [0.25, 0.3) is 0 Å². The monoisotopic (exact) mass is 311 g/mol. The van der Waals surface area contributed by atoms with Crippen molar-refractivity contribution in [3.05, 3.63) is 0 Å². The Labute approximate surface area is 108 Å². The molecule has 1 atom stereocenters. The van der Waals surface area contributed by atoms with E-state index < -0.39 is 9.84 Å². The molecular weight excluding hydrogens is 290 g/mol. The molecule has 0 N–H and O–H groups in total. The van der Waals surface area contributed by atoms with Crippen LogP contribution in [0.5, 0.6) is 0 Å². The Hall–Kier alpha value is 0.390. The molecule has 0 aliphatic carbocycles. The zero-order valence-electron chi connectivity index (χ0n) is 9.99. The second-order valence-electron chi connectivity index (χ2n) is 4.43.